The molecule has 0 aromatic carbocycles. The Labute approximate surface area is 138 Å². The molecule has 1 saturated heterocycles. The number of carbonyl (C=O) groups is 1. The van der Waals surface area contributed by atoms with Crippen molar-refractivity contribution in [2.75, 3.05) is 18.4 Å². The maximum absolute atomic E-state index is 12.5. The van der Waals surface area contributed by atoms with Crippen molar-refractivity contribution >= 4 is 17.4 Å². The van der Waals surface area contributed by atoms with Crippen molar-refractivity contribution < 1.29 is 4.79 Å². The monoisotopic (exact) mass is 325 g/mol. The van der Waals surface area contributed by atoms with Gasteiger partial charge in [-0.1, -0.05) is 0 Å². The Morgan fingerprint density at radius 2 is 2.29 bits per heavy atom. The van der Waals surface area contributed by atoms with Gasteiger partial charge in [-0.2, -0.15) is 5.10 Å². The van der Waals surface area contributed by atoms with Gasteiger partial charge in [0.05, 0.1) is 5.69 Å². The van der Waals surface area contributed by atoms with Crippen LogP contribution in [0.5, 0.6) is 0 Å². The van der Waals surface area contributed by atoms with E-state index in [2.05, 4.69) is 25.5 Å². The highest BCUT2D eigenvalue weighted by Crippen LogP contribution is 2.25. The van der Waals surface area contributed by atoms with Crippen LogP contribution in [-0.4, -0.2) is 48.6 Å². The first kappa shape index (κ1) is 14.7. The normalized spacial score (nSPS) is 17.6. The van der Waals surface area contributed by atoms with Crippen molar-refractivity contribution in [3.63, 3.8) is 0 Å². The van der Waals surface area contributed by atoms with E-state index in [-0.39, 0.29) is 11.9 Å². The maximum atomic E-state index is 12.5. The number of urea groups is 1. The van der Waals surface area contributed by atoms with Crippen molar-refractivity contribution in [3.05, 3.63) is 41.9 Å². The molecule has 0 aliphatic carbocycles. The van der Waals surface area contributed by atoms with Crippen LogP contribution in [0.25, 0.3) is 5.65 Å². The molecule has 1 aliphatic heterocycles. The van der Waals surface area contributed by atoms with Gasteiger partial charge in [0.2, 0.25) is 0 Å². The van der Waals surface area contributed by atoms with Crippen LogP contribution in [0.3, 0.4) is 0 Å². The average molecular weight is 325 g/mol. The quantitative estimate of drug-likeness (QED) is 0.755. The summed E-state index contributed by atoms with van der Waals surface area (Å²) in [6.07, 6.45) is 6.37. The molecular weight excluding hydrogens is 306 g/mol. The summed E-state index contributed by atoms with van der Waals surface area (Å²) in [5, 5.41) is 10.0. The maximum Gasteiger partial charge on any atom is 0.321 e. The van der Waals surface area contributed by atoms with Crippen LogP contribution in [-0.2, 0) is 0 Å². The number of carbonyl (C=O) groups excluding carboxylic acids is 1. The zero-order chi connectivity index (χ0) is 16.7. The smallest absolute Gasteiger partial charge is 0.321 e. The second-order valence-electron chi connectivity index (χ2n) is 6.21. The van der Waals surface area contributed by atoms with Crippen LogP contribution in [0.4, 0.5) is 10.5 Å². The van der Waals surface area contributed by atoms with Crippen LogP contribution in [0.15, 0.2) is 24.7 Å². The van der Waals surface area contributed by atoms with Gasteiger partial charge in [0.1, 0.15) is 11.5 Å². The van der Waals surface area contributed by atoms with Gasteiger partial charge < -0.3 is 14.6 Å². The number of hydrogen-bond acceptors (Lipinski definition) is 4. The number of fused-ring (bicyclic) bond motifs is 1. The molecule has 8 heteroatoms. The number of nitrogens with zero attached hydrogens (tertiary/aromatic N) is 5. The number of likely N-dealkylation sites (tertiary alicyclic amines) is 1. The summed E-state index contributed by atoms with van der Waals surface area (Å²) >= 11 is 0. The van der Waals surface area contributed by atoms with Gasteiger partial charge in [-0.15, -0.1) is 0 Å². The Morgan fingerprint density at radius 3 is 3.08 bits per heavy atom. The summed E-state index contributed by atoms with van der Waals surface area (Å²) in [6.45, 7) is 5.20. The molecule has 1 atom stereocenters. The number of imidazole rings is 1. The molecule has 0 bridgehead atoms. The summed E-state index contributed by atoms with van der Waals surface area (Å²) < 4.78 is 1.91. The van der Waals surface area contributed by atoms with Crippen molar-refractivity contribution in [3.8, 4) is 0 Å². The number of aromatic amines is 1. The van der Waals surface area contributed by atoms with Gasteiger partial charge >= 0.3 is 6.03 Å². The molecular formula is C16H19N7O. The fourth-order valence-electron chi connectivity index (χ4n) is 3.18. The fourth-order valence-corrected chi connectivity index (χ4v) is 3.18. The lowest BCUT2D eigenvalue weighted by Crippen LogP contribution is -2.33. The largest absolute Gasteiger partial charge is 0.324 e. The van der Waals surface area contributed by atoms with Gasteiger partial charge in [0.15, 0.2) is 5.82 Å². The van der Waals surface area contributed by atoms with E-state index >= 15 is 0 Å². The number of aromatic nitrogens is 5. The van der Waals surface area contributed by atoms with Gasteiger partial charge in [-0.25, -0.2) is 14.8 Å². The highest BCUT2D eigenvalue weighted by Gasteiger charge is 2.29. The lowest BCUT2D eigenvalue weighted by Gasteiger charge is -2.17. The minimum absolute atomic E-state index is 0.0939. The van der Waals surface area contributed by atoms with Crippen LogP contribution in [0.2, 0.25) is 0 Å². The fraction of sp³-hybridized carbons (Fsp3) is 0.375. The molecule has 0 spiro atoms. The summed E-state index contributed by atoms with van der Waals surface area (Å²) in [4.78, 5) is 23.0. The number of aryl methyl sites for hydroxylation is 2. The zero-order valence-electron chi connectivity index (χ0n) is 13.7. The third-order valence-corrected chi connectivity index (χ3v) is 4.38. The predicted molar refractivity (Wildman–Crippen MR) is 89.0 cm³/mol. The third-order valence-electron chi connectivity index (χ3n) is 4.38. The van der Waals surface area contributed by atoms with E-state index in [1.807, 2.05) is 41.6 Å². The molecule has 1 aliphatic rings. The topological polar surface area (TPSA) is 91.2 Å². The molecule has 4 rings (SSSR count). The molecule has 2 amide bonds. The summed E-state index contributed by atoms with van der Waals surface area (Å²) in [5.41, 5.74) is 2.68. The highest BCUT2D eigenvalue weighted by molar-refractivity contribution is 5.89. The Kier molecular flexibility index (Phi) is 3.44. The Bertz CT molecular complexity index is 897. The lowest BCUT2D eigenvalue weighted by atomic mass is 10.1. The molecule has 4 heterocycles. The number of anilines is 1. The first-order chi connectivity index (χ1) is 11.6. The molecule has 2 N–H and O–H groups in total. The molecule has 1 unspecified atom stereocenters. The van der Waals surface area contributed by atoms with E-state index in [1.54, 1.807) is 6.20 Å². The number of pyridine rings is 1. The van der Waals surface area contributed by atoms with E-state index < -0.39 is 0 Å². The van der Waals surface area contributed by atoms with Crippen LogP contribution < -0.4 is 5.32 Å². The molecule has 24 heavy (non-hydrogen) atoms. The molecule has 0 radical (unpaired) electrons. The number of amides is 2. The van der Waals surface area contributed by atoms with Crippen LogP contribution in [0.1, 0.15) is 29.6 Å². The van der Waals surface area contributed by atoms with E-state index in [4.69, 9.17) is 0 Å². The predicted octanol–water partition coefficient (Wildman–Crippen LogP) is 2.09. The van der Waals surface area contributed by atoms with Crippen molar-refractivity contribution in [2.45, 2.75) is 26.2 Å². The van der Waals surface area contributed by atoms with Crippen LogP contribution in [0, 0.1) is 13.8 Å². The van der Waals surface area contributed by atoms with Gasteiger partial charge in [0, 0.05) is 37.6 Å². The third kappa shape index (κ3) is 2.60. The summed E-state index contributed by atoms with van der Waals surface area (Å²) in [7, 11) is 0. The van der Waals surface area contributed by atoms with Gasteiger partial charge in [0.25, 0.3) is 0 Å². The molecule has 3 aromatic rings. The molecule has 0 saturated carbocycles. The summed E-state index contributed by atoms with van der Waals surface area (Å²) in [5.74, 6) is 1.79. The van der Waals surface area contributed by atoms with E-state index in [0.29, 0.717) is 13.1 Å². The van der Waals surface area contributed by atoms with E-state index in [1.165, 1.54) is 0 Å². The minimum atomic E-state index is -0.0939. The Balaban J connectivity index is 1.46. The van der Waals surface area contributed by atoms with Crippen molar-refractivity contribution in [1.29, 1.82) is 0 Å². The molecule has 3 aromatic heterocycles. The number of hydrogen-bond donors (Lipinski definition) is 2. The zero-order valence-corrected chi connectivity index (χ0v) is 13.7. The first-order valence-electron chi connectivity index (χ1n) is 7.98. The summed E-state index contributed by atoms with van der Waals surface area (Å²) in [6, 6.07) is 1.84. The highest BCUT2D eigenvalue weighted by atomic mass is 16.2. The molecule has 1 fully saturated rings. The van der Waals surface area contributed by atoms with Crippen molar-refractivity contribution in [1.82, 2.24) is 29.5 Å². The number of H-pyrrole nitrogens is 1. The first-order valence-corrected chi connectivity index (χ1v) is 7.98. The molecule has 124 valence electrons. The SMILES string of the molecule is Cc1nc(C2CCN(C(=O)Nc3cc(C)c4nccn4c3)C2)n[nH]1. The Hall–Kier alpha value is -2.90. The number of rotatable bonds is 2. The standard InChI is InChI=1S/C16H19N7O/c1-10-7-13(9-22-6-4-17-15(10)22)19-16(24)23-5-3-12(8-23)14-18-11(2)20-21-14/h4,6-7,9,12H,3,5,8H2,1-2H3,(H,19,24)(H,18,20,21). The van der Waals surface area contributed by atoms with Crippen LogP contribution >= 0.6 is 0 Å². The second kappa shape index (κ2) is 5.63. The Morgan fingerprint density at radius 1 is 1.42 bits per heavy atom. The van der Waals surface area contributed by atoms with Gasteiger partial charge in [-0.3, -0.25) is 5.10 Å². The van der Waals surface area contributed by atoms with Gasteiger partial charge in [-0.05, 0) is 31.9 Å². The van der Waals surface area contributed by atoms with E-state index in [0.717, 1.165) is 35.0 Å². The number of nitrogens with one attached hydrogen (secondary N) is 2. The average Bonchev–Trinajstić information content (AvgIpc) is 3.25. The second-order valence-corrected chi connectivity index (χ2v) is 6.21. The lowest BCUT2D eigenvalue weighted by molar-refractivity contribution is 0.222. The minimum Gasteiger partial charge on any atom is -0.324 e. The van der Waals surface area contributed by atoms with Crippen molar-refractivity contribution in [2.24, 2.45) is 0 Å². The molecule has 8 nitrogen and oxygen atoms in total. The van der Waals surface area contributed by atoms with E-state index in [9.17, 15) is 4.79 Å².